The van der Waals surface area contributed by atoms with E-state index in [4.69, 9.17) is 5.84 Å². The van der Waals surface area contributed by atoms with Crippen molar-refractivity contribution >= 4 is 5.84 Å². The van der Waals surface area contributed by atoms with Crippen molar-refractivity contribution in [1.82, 2.24) is 4.90 Å². The summed E-state index contributed by atoms with van der Waals surface area (Å²) in [5, 5.41) is 4.40. The Kier molecular flexibility index (Phi) is 3.00. The Morgan fingerprint density at radius 2 is 1.82 bits per heavy atom. The minimum Gasteiger partial charge on any atom is -0.332 e. The Morgan fingerprint density at radius 3 is 2.36 bits per heavy atom. The maximum atomic E-state index is 5.98. The van der Waals surface area contributed by atoms with Crippen LogP contribution in [0.1, 0.15) is 71.6 Å². The molecule has 0 radical (unpaired) electrons. The van der Waals surface area contributed by atoms with Gasteiger partial charge in [-0.1, -0.05) is 20.4 Å². The number of amidine groups is 1. The number of nitrogens with two attached hydrogens (primary N) is 1. The van der Waals surface area contributed by atoms with Gasteiger partial charge in [0, 0.05) is 17.7 Å². The summed E-state index contributed by atoms with van der Waals surface area (Å²) in [5.41, 5.74) is 2.46. The third-order valence-electron chi connectivity index (χ3n) is 6.96. The van der Waals surface area contributed by atoms with E-state index in [1.54, 1.807) is 0 Å². The van der Waals surface area contributed by atoms with Crippen LogP contribution in [0.4, 0.5) is 0 Å². The number of allylic oxidation sites excluding steroid dienone is 1. The molecule has 0 amide bonds. The lowest BCUT2D eigenvalue weighted by Crippen LogP contribution is -2.60. The molecule has 0 aromatic carbocycles. The quantitative estimate of drug-likeness (QED) is 0.340. The molecule has 4 bridgehead atoms. The molecule has 4 saturated carbocycles. The lowest BCUT2D eigenvalue weighted by atomic mass is 9.40. The van der Waals surface area contributed by atoms with Crippen molar-refractivity contribution in [3.8, 4) is 0 Å². The molecule has 22 heavy (non-hydrogen) atoms. The Balaban J connectivity index is 1.72. The summed E-state index contributed by atoms with van der Waals surface area (Å²) in [7, 11) is 0. The van der Waals surface area contributed by atoms with Crippen LogP contribution in [0.5, 0.6) is 0 Å². The molecule has 2 atom stereocenters. The van der Waals surface area contributed by atoms with Crippen LogP contribution in [0, 0.1) is 22.2 Å². The van der Waals surface area contributed by atoms with Crippen LogP contribution in [0.2, 0.25) is 0 Å². The van der Waals surface area contributed by atoms with Crippen molar-refractivity contribution in [1.29, 1.82) is 0 Å². The van der Waals surface area contributed by atoms with Gasteiger partial charge >= 0.3 is 0 Å². The molecule has 2 unspecified atom stereocenters. The van der Waals surface area contributed by atoms with Crippen molar-refractivity contribution in [2.45, 2.75) is 71.6 Å². The Labute approximate surface area is 135 Å². The highest BCUT2D eigenvalue weighted by molar-refractivity contribution is 5.90. The summed E-state index contributed by atoms with van der Waals surface area (Å²) in [6.45, 7) is 10.4. The van der Waals surface area contributed by atoms with Crippen molar-refractivity contribution in [2.24, 2.45) is 33.1 Å². The minimum atomic E-state index is 0.220. The van der Waals surface area contributed by atoms with Crippen molar-refractivity contribution < 1.29 is 0 Å². The highest BCUT2D eigenvalue weighted by Gasteiger charge is 2.62. The number of rotatable bonds is 1. The molecule has 5 aliphatic rings. The smallest absolute Gasteiger partial charge is 0.134 e. The van der Waals surface area contributed by atoms with Gasteiger partial charge in [-0.3, -0.25) is 0 Å². The first-order chi connectivity index (χ1) is 10.4. The predicted molar refractivity (Wildman–Crippen MR) is 91.2 cm³/mol. The number of hydrogen-bond acceptors (Lipinski definition) is 2. The van der Waals surface area contributed by atoms with Crippen molar-refractivity contribution in [3.63, 3.8) is 0 Å². The zero-order chi connectivity index (χ0) is 15.6. The SMILES string of the molecule is C=C1CCCCN1/C(=N\N)C12CC3CC(C)(CC(C)(C3)C1)C2. The zero-order valence-corrected chi connectivity index (χ0v) is 14.3. The number of hydrazone groups is 1. The summed E-state index contributed by atoms with van der Waals surface area (Å²) in [4.78, 5) is 2.39. The largest absolute Gasteiger partial charge is 0.332 e. The van der Waals surface area contributed by atoms with Gasteiger partial charge in [-0.15, -0.1) is 0 Å². The first-order valence-corrected chi connectivity index (χ1v) is 9.11. The van der Waals surface area contributed by atoms with Gasteiger partial charge in [-0.05, 0) is 74.5 Å². The van der Waals surface area contributed by atoms with Gasteiger partial charge in [0.25, 0.3) is 0 Å². The molecule has 1 heterocycles. The Hall–Kier alpha value is -0.990. The lowest BCUT2D eigenvalue weighted by Gasteiger charge is -2.66. The fourth-order valence-electron chi connectivity index (χ4n) is 7.34. The standard InChI is InChI=1S/C19H31N3/c1-14-6-4-5-7-22(14)16(21-20)19-10-15-8-17(2,12-19)11-18(3,9-15)13-19/h15H,1,4-13,20H2,2-3H3/b21-16-. The van der Waals surface area contributed by atoms with E-state index in [2.05, 4.69) is 30.4 Å². The molecule has 1 saturated heterocycles. The number of piperidine rings is 1. The van der Waals surface area contributed by atoms with Crippen LogP contribution in [0.15, 0.2) is 17.4 Å². The lowest BCUT2D eigenvalue weighted by molar-refractivity contribution is -0.119. The van der Waals surface area contributed by atoms with Crippen LogP contribution in [0.3, 0.4) is 0 Å². The summed E-state index contributed by atoms with van der Waals surface area (Å²) in [5.74, 6) is 8.03. The highest BCUT2D eigenvalue weighted by atomic mass is 15.3. The van der Waals surface area contributed by atoms with E-state index < -0.39 is 0 Å². The molecular formula is C19H31N3. The van der Waals surface area contributed by atoms with Crippen molar-refractivity contribution in [3.05, 3.63) is 12.3 Å². The van der Waals surface area contributed by atoms with Gasteiger partial charge in [0.05, 0.1) is 0 Å². The molecule has 5 rings (SSSR count). The third kappa shape index (κ3) is 2.04. The van der Waals surface area contributed by atoms with E-state index in [0.717, 1.165) is 18.9 Å². The maximum Gasteiger partial charge on any atom is 0.134 e. The fraction of sp³-hybridized carbons (Fsp3) is 0.842. The Bertz CT molecular complexity index is 517. The minimum absolute atomic E-state index is 0.220. The van der Waals surface area contributed by atoms with Crippen molar-refractivity contribution in [2.75, 3.05) is 6.54 Å². The van der Waals surface area contributed by atoms with E-state index >= 15 is 0 Å². The zero-order valence-electron chi connectivity index (χ0n) is 14.3. The summed E-state index contributed by atoms with van der Waals surface area (Å²) >= 11 is 0. The molecule has 3 nitrogen and oxygen atoms in total. The Morgan fingerprint density at radius 1 is 1.14 bits per heavy atom. The van der Waals surface area contributed by atoms with Crippen LogP contribution in [-0.4, -0.2) is 17.3 Å². The van der Waals surface area contributed by atoms with Gasteiger partial charge in [0.15, 0.2) is 0 Å². The maximum absolute atomic E-state index is 5.98. The van der Waals surface area contributed by atoms with Crippen LogP contribution in [0.25, 0.3) is 0 Å². The number of hydrogen-bond donors (Lipinski definition) is 1. The van der Waals surface area contributed by atoms with E-state index in [0.29, 0.717) is 10.8 Å². The van der Waals surface area contributed by atoms with Crippen LogP contribution < -0.4 is 5.84 Å². The molecule has 0 aromatic heterocycles. The molecular weight excluding hydrogens is 270 g/mol. The highest BCUT2D eigenvalue weighted by Crippen LogP contribution is 2.70. The van der Waals surface area contributed by atoms with E-state index in [1.165, 1.54) is 62.9 Å². The normalized spacial score (nSPS) is 48.1. The molecule has 2 N–H and O–H groups in total. The first-order valence-electron chi connectivity index (χ1n) is 9.11. The molecule has 3 heteroatoms. The van der Waals surface area contributed by atoms with Gasteiger partial charge < -0.3 is 10.7 Å². The average Bonchev–Trinajstić information content (AvgIpc) is 2.37. The van der Waals surface area contributed by atoms with E-state index in [-0.39, 0.29) is 5.41 Å². The van der Waals surface area contributed by atoms with E-state index in [1.807, 2.05) is 0 Å². The third-order valence-corrected chi connectivity index (χ3v) is 6.96. The molecule has 5 fully saturated rings. The molecule has 0 spiro atoms. The van der Waals surface area contributed by atoms with Gasteiger partial charge in [-0.2, -0.15) is 5.10 Å². The summed E-state index contributed by atoms with van der Waals surface area (Å²) in [6, 6.07) is 0. The summed E-state index contributed by atoms with van der Waals surface area (Å²) < 4.78 is 0. The molecule has 0 aromatic rings. The number of nitrogens with zero attached hydrogens (tertiary/aromatic N) is 2. The predicted octanol–water partition coefficient (Wildman–Crippen LogP) is 4.25. The monoisotopic (exact) mass is 301 g/mol. The number of likely N-dealkylation sites (tertiary alicyclic amines) is 1. The molecule has 1 aliphatic heterocycles. The first kappa shape index (κ1) is 14.6. The van der Waals surface area contributed by atoms with Crippen LogP contribution in [-0.2, 0) is 0 Å². The fourth-order valence-corrected chi connectivity index (χ4v) is 7.34. The second-order valence-electron chi connectivity index (χ2n) is 9.54. The molecule has 4 aliphatic carbocycles. The van der Waals surface area contributed by atoms with Gasteiger partial charge in [0.1, 0.15) is 5.84 Å². The second kappa shape index (κ2) is 4.52. The van der Waals surface area contributed by atoms with Gasteiger partial charge in [-0.25, -0.2) is 0 Å². The molecule has 122 valence electrons. The average molecular weight is 301 g/mol. The topological polar surface area (TPSA) is 41.6 Å². The second-order valence-corrected chi connectivity index (χ2v) is 9.54. The summed E-state index contributed by atoms with van der Waals surface area (Å²) in [6.07, 6.45) is 11.7. The van der Waals surface area contributed by atoms with E-state index in [9.17, 15) is 0 Å². The van der Waals surface area contributed by atoms with Crippen LogP contribution >= 0.6 is 0 Å². The van der Waals surface area contributed by atoms with Gasteiger partial charge in [0.2, 0.25) is 0 Å².